The second-order valence-corrected chi connectivity index (χ2v) is 12.5. The number of aromatic nitrogens is 1. The fraction of sp³-hybridized carbons (Fsp3) is 0.724. The minimum Gasteiger partial charge on any atom is -0.334 e. The van der Waals surface area contributed by atoms with Gasteiger partial charge in [-0.2, -0.15) is 5.06 Å². The minimum absolute atomic E-state index is 0.0215. The zero-order chi connectivity index (χ0) is 27.1. The van der Waals surface area contributed by atoms with Crippen molar-refractivity contribution in [3.8, 4) is 0 Å². The standard InChI is InChI=1S/C29H43N5O4/c1-18(2)14-24-28(36)32(20-9-12-31(5)13-10-20)17-26-33(24)29(37)25(15-19(3)4)38-34(26)27(35)22-16-21(22)23-8-6-7-11-30-23/h6-8,11,18-22,24-26H,9-10,12-17H2,1-5H3/t21-,22-,24+,25-,26?/m1/s1. The molecule has 4 fully saturated rings. The second kappa shape index (κ2) is 10.9. The molecule has 1 aromatic heterocycles. The van der Waals surface area contributed by atoms with Gasteiger partial charge in [-0.25, -0.2) is 0 Å². The van der Waals surface area contributed by atoms with Crippen molar-refractivity contribution in [2.24, 2.45) is 17.8 Å². The van der Waals surface area contributed by atoms with E-state index in [-0.39, 0.29) is 47.4 Å². The molecule has 3 amide bonds. The average molecular weight is 526 g/mol. The SMILES string of the molecule is CC(C)C[C@H]1ON(C(=O)[C@@H]2C[C@H]2c2ccccn2)C2CN(C3CCN(C)CC3)C(=O)[C@H](CC(C)C)N2C1=O. The van der Waals surface area contributed by atoms with Gasteiger partial charge in [0.25, 0.3) is 11.8 Å². The van der Waals surface area contributed by atoms with E-state index < -0.39 is 18.3 Å². The molecule has 5 rings (SSSR count). The summed E-state index contributed by atoms with van der Waals surface area (Å²) in [6.07, 6.45) is 3.97. The summed E-state index contributed by atoms with van der Waals surface area (Å²) in [6.45, 7) is 10.4. The molecule has 0 spiro atoms. The Morgan fingerprint density at radius 1 is 1.05 bits per heavy atom. The van der Waals surface area contributed by atoms with Crippen LogP contribution in [0.2, 0.25) is 0 Å². The first-order valence-electron chi connectivity index (χ1n) is 14.4. The molecule has 9 heteroatoms. The predicted octanol–water partition coefficient (Wildman–Crippen LogP) is 2.88. The van der Waals surface area contributed by atoms with E-state index in [2.05, 4.69) is 30.8 Å². The summed E-state index contributed by atoms with van der Waals surface area (Å²) in [5.74, 6) is 0.0286. The summed E-state index contributed by atoms with van der Waals surface area (Å²) in [5.41, 5.74) is 0.916. The Hall–Kier alpha value is -2.52. The number of hydrogen-bond acceptors (Lipinski definition) is 6. The van der Waals surface area contributed by atoms with Crippen LogP contribution in [0.3, 0.4) is 0 Å². The Morgan fingerprint density at radius 2 is 1.76 bits per heavy atom. The first-order chi connectivity index (χ1) is 18.2. The van der Waals surface area contributed by atoms with Gasteiger partial charge in [-0.15, -0.1) is 0 Å². The van der Waals surface area contributed by atoms with E-state index in [1.807, 2.05) is 36.9 Å². The van der Waals surface area contributed by atoms with Gasteiger partial charge in [-0.05, 0) is 76.2 Å². The molecule has 4 aliphatic rings. The number of rotatable bonds is 7. The van der Waals surface area contributed by atoms with Crippen molar-refractivity contribution in [2.45, 2.75) is 90.1 Å². The van der Waals surface area contributed by atoms with Crippen LogP contribution < -0.4 is 0 Å². The Balaban J connectivity index is 1.46. The third-order valence-corrected chi connectivity index (χ3v) is 8.53. The van der Waals surface area contributed by atoms with Crippen molar-refractivity contribution in [3.05, 3.63) is 30.1 Å². The highest BCUT2D eigenvalue weighted by Crippen LogP contribution is 2.49. The summed E-state index contributed by atoms with van der Waals surface area (Å²) in [6, 6.07) is 5.31. The topological polar surface area (TPSA) is 86.3 Å². The van der Waals surface area contributed by atoms with Crippen LogP contribution in [0.15, 0.2) is 24.4 Å². The number of fused-ring (bicyclic) bond motifs is 1. The summed E-state index contributed by atoms with van der Waals surface area (Å²) in [4.78, 5) is 58.6. The molecule has 0 bridgehead atoms. The van der Waals surface area contributed by atoms with Gasteiger partial charge in [0.2, 0.25) is 5.91 Å². The molecule has 1 aromatic rings. The number of piperidine rings is 1. The molecule has 1 aliphatic carbocycles. The molecule has 3 aliphatic heterocycles. The molecule has 5 atom stereocenters. The molecule has 1 unspecified atom stereocenters. The van der Waals surface area contributed by atoms with Crippen LogP contribution in [0.4, 0.5) is 0 Å². The van der Waals surface area contributed by atoms with Crippen molar-refractivity contribution in [3.63, 3.8) is 0 Å². The number of nitrogens with zero attached hydrogens (tertiary/aromatic N) is 5. The maximum Gasteiger partial charge on any atom is 0.256 e. The average Bonchev–Trinajstić information content (AvgIpc) is 3.68. The van der Waals surface area contributed by atoms with Crippen molar-refractivity contribution in [1.82, 2.24) is 24.7 Å². The number of hydroxylamine groups is 2. The van der Waals surface area contributed by atoms with Crippen LogP contribution in [0.5, 0.6) is 0 Å². The van der Waals surface area contributed by atoms with Crippen molar-refractivity contribution < 1.29 is 19.2 Å². The van der Waals surface area contributed by atoms with Crippen LogP contribution >= 0.6 is 0 Å². The van der Waals surface area contributed by atoms with Gasteiger partial charge in [0, 0.05) is 29.8 Å². The first-order valence-corrected chi connectivity index (χ1v) is 14.4. The third kappa shape index (κ3) is 5.32. The van der Waals surface area contributed by atoms with Crippen LogP contribution in [0.25, 0.3) is 0 Å². The number of amides is 3. The highest BCUT2D eigenvalue weighted by Gasteiger charge is 2.57. The van der Waals surface area contributed by atoms with E-state index in [0.29, 0.717) is 19.4 Å². The fourth-order valence-electron chi connectivity index (χ4n) is 6.40. The lowest BCUT2D eigenvalue weighted by Crippen LogP contribution is -2.74. The smallest absolute Gasteiger partial charge is 0.256 e. The normalized spacial score (nSPS) is 30.8. The van der Waals surface area contributed by atoms with Gasteiger partial charge in [-0.1, -0.05) is 33.8 Å². The molecule has 1 saturated carbocycles. The van der Waals surface area contributed by atoms with Crippen LogP contribution in [-0.4, -0.2) is 93.5 Å². The van der Waals surface area contributed by atoms with E-state index in [9.17, 15) is 14.4 Å². The van der Waals surface area contributed by atoms with E-state index >= 15 is 0 Å². The molecule has 9 nitrogen and oxygen atoms in total. The summed E-state index contributed by atoms with van der Waals surface area (Å²) in [7, 11) is 2.11. The zero-order valence-electron chi connectivity index (χ0n) is 23.5. The van der Waals surface area contributed by atoms with Gasteiger partial charge in [0.1, 0.15) is 6.04 Å². The highest BCUT2D eigenvalue weighted by atomic mass is 16.7. The van der Waals surface area contributed by atoms with Gasteiger partial charge in [-0.3, -0.25) is 24.2 Å². The number of hydrogen-bond donors (Lipinski definition) is 0. The predicted molar refractivity (Wildman–Crippen MR) is 142 cm³/mol. The van der Waals surface area contributed by atoms with Gasteiger partial charge in [0.05, 0.1) is 6.54 Å². The lowest BCUT2D eigenvalue weighted by molar-refractivity contribution is -0.279. The lowest BCUT2D eigenvalue weighted by Gasteiger charge is -2.55. The van der Waals surface area contributed by atoms with Crippen LogP contribution in [0.1, 0.15) is 71.4 Å². The molecule has 4 heterocycles. The molecular formula is C29H43N5O4. The largest absolute Gasteiger partial charge is 0.334 e. The molecular weight excluding hydrogens is 482 g/mol. The molecule has 3 saturated heterocycles. The first kappa shape index (κ1) is 27.1. The summed E-state index contributed by atoms with van der Waals surface area (Å²) < 4.78 is 0. The van der Waals surface area contributed by atoms with Crippen LogP contribution in [0, 0.1) is 17.8 Å². The van der Waals surface area contributed by atoms with Crippen molar-refractivity contribution >= 4 is 17.7 Å². The van der Waals surface area contributed by atoms with Crippen molar-refractivity contribution in [1.29, 1.82) is 0 Å². The van der Waals surface area contributed by atoms with Gasteiger partial charge < -0.3 is 14.7 Å². The third-order valence-electron chi connectivity index (χ3n) is 8.53. The number of carbonyl (C=O) groups is 3. The number of pyridine rings is 1. The summed E-state index contributed by atoms with van der Waals surface area (Å²) >= 11 is 0. The molecule has 0 aromatic carbocycles. The Labute approximate surface area is 226 Å². The molecule has 208 valence electrons. The highest BCUT2D eigenvalue weighted by molar-refractivity contribution is 5.93. The Morgan fingerprint density at radius 3 is 2.39 bits per heavy atom. The maximum absolute atomic E-state index is 14.0. The molecule has 0 radical (unpaired) electrons. The number of likely N-dealkylation sites (tertiary alicyclic amines) is 1. The second-order valence-electron chi connectivity index (χ2n) is 12.5. The summed E-state index contributed by atoms with van der Waals surface area (Å²) in [5, 5.41) is 1.49. The maximum atomic E-state index is 14.0. The zero-order valence-corrected chi connectivity index (χ0v) is 23.5. The molecule has 0 N–H and O–H groups in total. The van der Waals surface area contributed by atoms with Crippen molar-refractivity contribution in [2.75, 3.05) is 26.7 Å². The Kier molecular flexibility index (Phi) is 7.78. The van der Waals surface area contributed by atoms with E-state index in [1.54, 1.807) is 11.1 Å². The lowest BCUT2D eigenvalue weighted by atomic mass is 9.93. The number of carbonyl (C=O) groups excluding carboxylic acids is 3. The minimum atomic E-state index is -0.764. The van der Waals surface area contributed by atoms with Crippen LogP contribution in [-0.2, 0) is 19.2 Å². The van der Waals surface area contributed by atoms with Gasteiger partial charge >= 0.3 is 0 Å². The number of piperazine rings is 1. The quantitative estimate of drug-likeness (QED) is 0.544. The van der Waals surface area contributed by atoms with E-state index in [1.165, 1.54) is 5.06 Å². The molecule has 38 heavy (non-hydrogen) atoms. The van der Waals surface area contributed by atoms with E-state index in [0.717, 1.165) is 38.0 Å². The Bertz CT molecular complexity index is 1030. The monoisotopic (exact) mass is 525 g/mol. The fourth-order valence-corrected chi connectivity index (χ4v) is 6.40. The van der Waals surface area contributed by atoms with E-state index in [4.69, 9.17) is 4.84 Å². The van der Waals surface area contributed by atoms with Gasteiger partial charge in [0.15, 0.2) is 12.3 Å².